The second-order valence-electron chi connectivity index (χ2n) is 6.45. The zero-order valence-corrected chi connectivity index (χ0v) is 14.1. The van der Waals surface area contributed by atoms with Crippen LogP contribution in [-0.2, 0) is 16.0 Å². The highest BCUT2D eigenvalue weighted by molar-refractivity contribution is 5.85. The van der Waals surface area contributed by atoms with Crippen LogP contribution in [0.25, 0.3) is 0 Å². The third kappa shape index (κ3) is 7.65. The zero-order valence-electron chi connectivity index (χ0n) is 14.1. The predicted octanol–water partition coefficient (Wildman–Crippen LogP) is 1.62. The van der Waals surface area contributed by atoms with Gasteiger partial charge in [-0.25, -0.2) is 4.79 Å². The number of ether oxygens (including phenoxy) is 1. The molecule has 0 radical (unpaired) electrons. The number of carbonyl (C=O) groups is 2. The topological polar surface area (TPSA) is 87.7 Å². The Morgan fingerprint density at radius 1 is 1.17 bits per heavy atom. The number of aliphatic hydroxyl groups is 1. The van der Waals surface area contributed by atoms with E-state index in [2.05, 4.69) is 10.6 Å². The number of rotatable bonds is 6. The number of carbonyl (C=O) groups excluding carboxylic acids is 2. The van der Waals surface area contributed by atoms with Crippen LogP contribution >= 0.6 is 0 Å². The summed E-state index contributed by atoms with van der Waals surface area (Å²) in [5, 5.41) is 14.6. The van der Waals surface area contributed by atoms with E-state index in [4.69, 9.17) is 4.74 Å². The molecular formula is C17H26N2O4. The Labute approximate surface area is 137 Å². The van der Waals surface area contributed by atoms with E-state index < -0.39 is 23.8 Å². The van der Waals surface area contributed by atoms with Crippen LogP contribution < -0.4 is 10.6 Å². The summed E-state index contributed by atoms with van der Waals surface area (Å²) in [6.07, 6.45) is -0.133. The summed E-state index contributed by atoms with van der Waals surface area (Å²) in [6, 6.07) is 8.40. The van der Waals surface area contributed by atoms with E-state index in [0.29, 0.717) is 6.42 Å². The second-order valence-corrected chi connectivity index (χ2v) is 6.45. The minimum atomic E-state index is -0.755. The van der Waals surface area contributed by atoms with Gasteiger partial charge in [-0.05, 0) is 39.7 Å². The number of hydrogen-bond acceptors (Lipinski definition) is 4. The lowest BCUT2D eigenvalue weighted by molar-refractivity contribution is -0.123. The van der Waals surface area contributed by atoms with Crippen molar-refractivity contribution in [1.82, 2.24) is 10.6 Å². The first-order valence-corrected chi connectivity index (χ1v) is 7.66. The summed E-state index contributed by atoms with van der Waals surface area (Å²) in [4.78, 5) is 23.8. The van der Waals surface area contributed by atoms with E-state index in [1.807, 2.05) is 30.3 Å². The highest BCUT2D eigenvalue weighted by Crippen LogP contribution is 2.07. The van der Waals surface area contributed by atoms with E-state index in [1.54, 1.807) is 27.7 Å². The Morgan fingerprint density at radius 3 is 2.30 bits per heavy atom. The average Bonchev–Trinajstić information content (AvgIpc) is 2.45. The smallest absolute Gasteiger partial charge is 0.408 e. The Bertz CT molecular complexity index is 511. The van der Waals surface area contributed by atoms with Crippen LogP contribution in [0.4, 0.5) is 4.79 Å². The molecule has 0 saturated carbocycles. The summed E-state index contributed by atoms with van der Waals surface area (Å²) in [5.41, 5.74) is 0.390. The molecule has 2 atom stereocenters. The SMILES string of the molecule is C[C@H](NC(=O)OC(C)(C)C)C(=O)N[C@@H](CO)Cc1ccccc1. The highest BCUT2D eigenvalue weighted by atomic mass is 16.6. The fourth-order valence-corrected chi connectivity index (χ4v) is 1.94. The number of alkyl carbamates (subject to hydrolysis) is 1. The van der Waals surface area contributed by atoms with Gasteiger partial charge < -0.3 is 20.5 Å². The third-order valence-electron chi connectivity index (χ3n) is 3.02. The molecule has 1 aromatic rings. The molecule has 3 N–H and O–H groups in total. The molecule has 0 aromatic heterocycles. The largest absolute Gasteiger partial charge is 0.444 e. The molecule has 1 rings (SSSR count). The van der Waals surface area contributed by atoms with E-state index in [0.717, 1.165) is 5.56 Å². The number of nitrogens with one attached hydrogen (secondary N) is 2. The minimum Gasteiger partial charge on any atom is -0.444 e. The van der Waals surface area contributed by atoms with Crippen molar-refractivity contribution in [3.8, 4) is 0 Å². The van der Waals surface area contributed by atoms with Crippen LogP contribution in [0.1, 0.15) is 33.3 Å². The van der Waals surface area contributed by atoms with Crippen molar-refractivity contribution in [2.75, 3.05) is 6.61 Å². The Morgan fingerprint density at radius 2 is 1.78 bits per heavy atom. The van der Waals surface area contributed by atoms with Crippen LogP contribution in [0.15, 0.2) is 30.3 Å². The van der Waals surface area contributed by atoms with Gasteiger partial charge in [0.1, 0.15) is 11.6 Å². The number of aliphatic hydroxyl groups excluding tert-OH is 1. The van der Waals surface area contributed by atoms with Crippen molar-refractivity contribution in [3.63, 3.8) is 0 Å². The summed E-state index contributed by atoms with van der Waals surface area (Å²) in [7, 11) is 0. The molecule has 0 unspecified atom stereocenters. The van der Waals surface area contributed by atoms with Crippen molar-refractivity contribution < 1.29 is 19.4 Å². The zero-order chi connectivity index (χ0) is 17.5. The van der Waals surface area contributed by atoms with Crippen LogP contribution in [0.5, 0.6) is 0 Å². The molecule has 0 bridgehead atoms. The maximum Gasteiger partial charge on any atom is 0.408 e. The van der Waals surface area contributed by atoms with Gasteiger partial charge in [0.05, 0.1) is 12.6 Å². The summed E-state index contributed by atoms with van der Waals surface area (Å²) < 4.78 is 5.11. The van der Waals surface area contributed by atoms with E-state index >= 15 is 0 Å². The number of amides is 2. The van der Waals surface area contributed by atoms with Gasteiger partial charge in [0.25, 0.3) is 0 Å². The first-order chi connectivity index (χ1) is 10.7. The molecule has 6 nitrogen and oxygen atoms in total. The van der Waals surface area contributed by atoms with Crippen LogP contribution in [0.2, 0.25) is 0 Å². The van der Waals surface area contributed by atoms with Crippen molar-refractivity contribution in [2.45, 2.75) is 51.8 Å². The number of benzene rings is 1. The highest BCUT2D eigenvalue weighted by Gasteiger charge is 2.22. The number of hydrogen-bond donors (Lipinski definition) is 3. The van der Waals surface area contributed by atoms with Crippen LogP contribution in [-0.4, -0.2) is 41.4 Å². The third-order valence-corrected chi connectivity index (χ3v) is 3.02. The van der Waals surface area contributed by atoms with Gasteiger partial charge in [-0.15, -0.1) is 0 Å². The molecule has 0 saturated heterocycles. The van der Waals surface area contributed by atoms with Crippen molar-refractivity contribution in [1.29, 1.82) is 0 Å². The van der Waals surface area contributed by atoms with Gasteiger partial charge in [-0.3, -0.25) is 4.79 Å². The average molecular weight is 322 g/mol. The van der Waals surface area contributed by atoms with Crippen molar-refractivity contribution in [3.05, 3.63) is 35.9 Å². The predicted molar refractivity (Wildman–Crippen MR) is 88.0 cm³/mol. The van der Waals surface area contributed by atoms with Gasteiger partial charge in [0, 0.05) is 0 Å². The van der Waals surface area contributed by atoms with E-state index in [1.165, 1.54) is 0 Å². The molecular weight excluding hydrogens is 296 g/mol. The Hall–Kier alpha value is -2.08. The van der Waals surface area contributed by atoms with Crippen molar-refractivity contribution >= 4 is 12.0 Å². The molecule has 0 heterocycles. The molecule has 0 aliphatic heterocycles. The van der Waals surface area contributed by atoms with Gasteiger partial charge in [0.15, 0.2) is 0 Å². The van der Waals surface area contributed by atoms with E-state index in [-0.39, 0.29) is 12.5 Å². The lowest BCUT2D eigenvalue weighted by Crippen LogP contribution is -2.50. The summed E-state index contributed by atoms with van der Waals surface area (Å²) in [5.74, 6) is -0.370. The standard InChI is InChI=1S/C17H26N2O4/c1-12(18-16(22)23-17(2,3)4)15(21)19-14(11-20)10-13-8-6-5-7-9-13/h5-9,12,14,20H,10-11H2,1-4H3,(H,18,22)(H,19,21)/t12-,14+/m0/s1. The normalized spacial score (nSPS) is 13.8. The maximum absolute atomic E-state index is 12.1. The van der Waals surface area contributed by atoms with Crippen LogP contribution in [0, 0.1) is 0 Å². The quantitative estimate of drug-likeness (QED) is 0.742. The van der Waals surface area contributed by atoms with Gasteiger partial charge >= 0.3 is 6.09 Å². The molecule has 1 aromatic carbocycles. The maximum atomic E-state index is 12.1. The molecule has 0 aliphatic rings. The molecule has 0 spiro atoms. The Kier molecular flexibility index (Phi) is 7.03. The second kappa shape index (κ2) is 8.53. The van der Waals surface area contributed by atoms with Gasteiger partial charge in [0.2, 0.25) is 5.91 Å². The molecule has 23 heavy (non-hydrogen) atoms. The summed E-state index contributed by atoms with van der Waals surface area (Å²) >= 11 is 0. The first kappa shape index (κ1) is 19.0. The molecule has 0 fully saturated rings. The Balaban J connectivity index is 2.50. The molecule has 2 amide bonds. The lowest BCUT2D eigenvalue weighted by Gasteiger charge is -2.23. The van der Waals surface area contributed by atoms with E-state index in [9.17, 15) is 14.7 Å². The summed E-state index contributed by atoms with van der Waals surface area (Å²) in [6.45, 7) is 6.63. The van der Waals surface area contributed by atoms with Crippen molar-refractivity contribution in [2.24, 2.45) is 0 Å². The van der Waals surface area contributed by atoms with Gasteiger partial charge in [-0.2, -0.15) is 0 Å². The minimum absolute atomic E-state index is 0.181. The fraction of sp³-hybridized carbons (Fsp3) is 0.529. The first-order valence-electron chi connectivity index (χ1n) is 7.66. The lowest BCUT2D eigenvalue weighted by atomic mass is 10.1. The fourth-order valence-electron chi connectivity index (χ4n) is 1.94. The molecule has 6 heteroatoms. The van der Waals surface area contributed by atoms with Gasteiger partial charge in [-0.1, -0.05) is 30.3 Å². The van der Waals surface area contributed by atoms with Crippen LogP contribution in [0.3, 0.4) is 0 Å². The monoisotopic (exact) mass is 322 g/mol. The molecule has 0 aliphatic carbocycles. The molecule has 128 valence electrons.